The van der Waals surface area contributed by atoms with Crippen molar-refractivity contribution in [2.75, 3.05) is 12.0 Å². The molecule has 3 rings (SSSR count). The van der Waals surface area contributed by atoms with Crippen LogP contribution in [-0.2, 0) is 4.74 Å². The van der Waals surface area contributed by atoms with Crippen LogP contribution < -0.4 is 15.8 Å². The summed E-state index contributed by atoms with van der Waals surface area (Å²) >= 11 is 0. The molecule has 2 aromatic carbocycles. The van der Waals surface area contributed by atoms with Crippen LogP contribution in [0, 0.1) is 0 Å². The van der Waals surface area contributed by atoms with E-state index in [1.54, 1.807) is 13.0 Å². The number of pyridine rings is 1. The lowest BCUT2D eigenvalue weighted by molar-refractivity contribution is -0.632. The average molecular weight is 449 g/mol. The van der Waals surface area contributed by atoms with Crippen LogP contribution in [0.5, 0.6) is 0 Å². The maximum absolute atomic E-state index is 12.6. The number of halogens is 4. The van der Waals surface area contributed by atoms with Gasteiger partial charge in [-0.05, 0) is 30.2 Å². The number of ether oxygens (including phenoxy) is 1. The van der Waals surface area contributed by atoms with E-state index in [4.69, 9.17) is 10.5 Å². The first kappa shape index (κ1) is 24.4. The van der Waals surface area contributed by atoms with Crippen LogP contribution in [0.3, 0.4) is 0 Å². The van der Waals surface area contributed by atoms with Gasteiger partial charge in [0.15, 0.2) is 0 Å². The van der Waals surface area contributed by atoms with Crippen molar-refractivity contribution in [1.82, 2.24) is 0 Å². The second-order valence-corrected chi connectivity index (χ2v) is 6.27. The molecule has 0 saturated heterocycles. The molecule has 1 aromatic heterocycles. The summed E-state index contributed by atoms with van der Waals surface area (Å²) < 4.78 is 45.5. The predicted molar refractivity (Wildman–Crippen MR) is 113 cm³/mol. The largest absolute Gasteiger partial charge is 0.673 e. The molecule has 0 bridgehead atoms. The van der Waals surface area contributed by atoms with Crippen molar-refractivity contribution in [2.45, 2.75) is 6.92 Å². The fourth-order valence-corrected chi connectivity index (χ4v) is 2.80. The van der Waals surface area contributed by atoms with Crippen molar-refractivity contribution in [3.8, 4) is 22.4 Å². The molecule has 6 nitrogen and oxygen atoms in total. The normalized spacial score (nSPS) is 10.5. The van der Waals surface area contributed by atoms with Crippen LogP contribution in [0.15, 0.2) is 72.8 Å². The number of nitrogens with zero attached hydrogens (tertiary/aromatic N) is 1. The first-order valence-corrected chi connectivity index (χ1v) is 9.42. The lowest BCUT2D eigenvalue weighted by Crippen LogP contribution is -2.56. The molecule has 11 heteroatoms. The van der Waals surface area contributed by atoms with Gasteiger partial charge in [-0.2, -0.15) is 0 Å². The Morgan fingerprint density at radius 1 is 0.906 bits per heavy atom. The molecule has 0 aliphatic rings. The van der Waals surface area contributed by atoms with Crippen molar-refractivity contribution in [1.29, 1.82) is 0 Å². The number of hydrogen-bond donors (Lipinski definition) is 2. The second-order valence-electron chi connectivity index (χ2n) is 6.27. The standard InChI is InChI=1S/C21H19N3O3.BF4/c1-2-27-20(25)19-14-17(15-9-5-3-6-10-15)13-18(24(19)23-21(22)26)16-11-7-4-8-12-16;2-1(3,4)5/h3-14H,2H2,1H3,(H2-,22,23,25,26);/q;-1/p+1. The van der Waals surface area contributed by atoms with Crippen molar-refractivity contribution < 1.29 is 36.3 Å². The fourth-order valence-electron chi connectivity index (χ4n) is 2.80. The van der Waals surface area contributed by atoms with E-state index < -0.39 is 19.3 Å². The number of nitrogens with one attached hydrogen (secondary N) is 1. The van der Waals surface area contributed by atoms with E-state index >= 15 is 0 Å². The summed E-state index contributed by atoms with van der Waals surface area (Å²) in [6.45, 7) is 1.94. The summed E-state index contributed by atoms with van der Waals surface area (Å²) in [5, 5.41) is 0. The molecule has 1 heterocycles. The molecule has 0 aliphatic carbocycles. The van der Waals surface area contributed by atoms with Crippen LogP contribution in [0.1, 0.15) is 17.4 Å². The van der Waals surface area contributed by atoms with Crippen molar-refractivity contribution in [3.63, 3.8) is 0 Å². The van der Waals surface area contributed by atoms with E-state index in [-0.39, 0.29) is 12.3 Å². The Bertz CT molecular complexity index is 1060. The number of nitrogens with two attached hydrogens (primary N) is 1. The van der Waals surface area contributed by atoms with Crippen molar-refractivity contribution in [3.05, 3.63) is 78.5 Å². The molecule has 0 aliphatic heterocycles. The smallest absolute Gasteiger partial charge is 0.458 e. The van der Waals surface area contributed by atoms with Gasteiger partial charge >= 0.3 is 24.9 Å². The number of carbonyl (C=O) groups excluding carboxylic acids is 2. The van der Waals surface area contributed by atoms with E-state index in [1.165, 1.54) is 4.68 Å². The van der Waals surface area contributed by atoms with Crippen LogP contribution in [0.25, 0.3) is 22.4 Å². The Labute approximate surface area is 181 Å². The molecular weight excluding hydrogens is 429 g/mol. The molecule has 168 valence electrons. The molecule has 0 spiro atoms. The third-order valence-electron chi connectivity index (χ3n) is 3.95. The molecule has 0 atom stereocenters. The predicted octanol–water partition coefficient (Wildman–Crippen LogP) is 4.41. The van der Waals surface area contributed by atoms with Gasteiger partial charge in [-0.1, -0.05) is 53.2 Å². The highest BCUT2D eigenvalue weighted by molar-refractivity contribution is 6.50. The average Bonchev–Trinajstić information content (AvgIpc) is 2.73. The molecule has 0 radical (unpaired) electrons. The molecule has 0 fully saturated rings. The van der Waals surface area contributed by atoms with Gasteiger partial charge in [0.25, 0.3) is 0 Å². The quantitative estimate of drug-likeness (QED) is 0.262. The van der Waals surface area contributed by atoms with Crippen LogP contribution in [0.4, 0.5) is 22.1 Å². The topological polar surface area (TPSA) is 85.3 Å². The maximum Gasteiger partial charge on any atom is 0.673 e. The number of aromatic nitrogens is 1. The molecule has 2 amide bonds. The van der Waals surface area contributed by atoms with E-state index in [2.05, 4.69) is 5.43 Å². The van der Waals surface area contributed by atoms with Crippen LogP contribution >= 0.6 is 0 Å². The molecule has 0 unspecified atom stereocenters. The van der Waals surface area contributed by atoms with Gasteiger partial charge in [0, 0.05) is 17.7 Å². The first-order chi connectivity index (χ1) is 15.1. The lowest BCUT2D eigenvalue weighted by Gasteiger charge is -2.10. The van der Waals surface area contributed by atoms with Gasteiger partial charge in [-0.15, -0.1) is 5.43 Å². The van der Waals surface area contributed by atoms with Gasteiger partial charge in [-0.3, -0.25) is 0 Å². The summed E-state index contributed by atoms with van der Waals surface area (Å²) in [4.78, 5) is 24.2. The van der Waals surface area contributed by atoms with E-state index in [9.17, 15) is 26.9 Å². The zero-order valence-corrected chi connectivity index (χ0v) is 17.0. The molecule has 3 N–H and O–H groups in total. The maximum atomic E-state index is 12.6. The number of urea groups is 1. The molecule has 0 saturated carbocycles. The summed E-state index contributed by atoms with van der Waals surface area (Å²) in [5.41, 5.74) is 11.2. The number of carbonyl (C=O) groups is 2. The molecular formula is C21H20BF4N3O3. The Morgan fingerprint density at radius 2 is 1.41 bits per heavy atom. The Kier molecular flexibility index (Phi) is 8.34. The minimum absolute atomic E-state index is 0.177. The number of amides is 2. The SMILES string of the molecule is CCOC(=O)c1cc(-c2ccccc2)cc(-c2ccccc2)[n+]1NC(N)=O.F[B-](F)(F)F. The zero-order chi connectivity index (χ0) is 23.7. The van der Waals surface area contributed by atoms with Crippen molar-refractivity contribution >= 4 is 19.3 Å². The minimum atomic E-state index is -6.00. The minimum Gasteiger partial charge on any atom is -0.458 e. The second kappa shape index (κ2) is 10.9. The number of rotatable bonds is 5. The summed E-state index contributed by atoms with van der Waals surface area (Å²) in [7, 11) is -6.00. The highest BCUT2D eigenvalue weighted by Crippen LogP contribution is 2.25. The third-order valence-corrected chi connectivity index (χ3v) is 3.95. The summed E-state index contributed by atoms with van der Waals surface area (Å²) in [5.74, 6) is -0.554. The van der Waals surface area contributed by atoms with Gasteiger partial charge in [0.2, 0.25) is 5.69 Å². The number of esters is 1. The first-order valence-electron chi connectivity index (χ1n) is 9.42. The van der Waals surface area contributed by atoms with Crippen LogP contribution in [-0.4, -0.2) is 25.9 Å². The van der Waals surface area contributed by atoms with Gasteiger partial charge in [0.1, 0.15) is 0 Å². The fraction of sp³-hybridized carbons (Fsp3) is 0.0952. The summed E-state index contributed by atoms with van der Waals surface area (Å²) in [6.07, 6.45) is 0. The van der Waals surface area contributed by atoms with Crippen molar-refractivity contribution in [2.24, 2.45) is 5.73 Å². The highest BCUT2D eigenvalue weighted by Gasteiger charge is 2.29. The van der Waals surface area contributed by atoms with E-state index in [0.717, 1.165) is 16.7 Å². The Hall–Kier alpha value is -3.89. The highest BCUT2D eigenvalue weighted by atomic mass is 19.5. The third kappa shape index (κ3) is 7.42. The van der Waals surface area contributed by atoms with Gasteiger partial charge in [0.05, 0.1) is 6.61 Å². The zero-order valence-electron chi connectivity index (χ0n) is 17.0. The van der Waals surface area contributed by atoms with Crippen LogP contribution in [0.2, 0.25) is 0 Å². The number of primary amides is 1. The Morgan fingerprint density at radius 3 is 1.88 bits per heavy atom. The Balaban J connectivity index is 0.000000654. The molecule has 32 heavy (non-hydrogen) atoms. The van der Waals surface area contributed by atoms with Gasteiger partial charge < -0.3 is 27.7 Å². The molecule has 3 aromatic rings. The van der Waals surface area contributed by atoms with Gasteiger partial charge in [-0.25, -0.2) is 9.59 Å². The van der Waals surface area contributed by atoms with E-state index in [1.807, 2.05) is 66.7 Å². The monoisotopic (exact) mass is 449 g/mol. The number of hydrogen-bond acceptors (Lipinski definition) is 3. The summed E-state index contributed by atoms with van der Waals surface area (Å²) in [6, 6.07) is 21.9. The lowest BCUT2D eigenvalue weighted by atomic mass is 10.0. The number of benzene rings is 2. The van der Waals surface area contributed by atoms with E-state index in [0.29, 0.717) is 5.69 Å².